The van der Waals surface area contributed by atoms with Crippen molar-refractivity contribution in [1.82, 2.24) is 0 Å². The van der Waals surface area contributed by atoms with Crippen LogP contribution in [0.25, 0.3) is 0 Å². The van der Waals surface area contributed by atoms with Gasteiger partial charge < -0.3 is 0 Å². The monoisotopic (exact) mass is 220 g/mol. The SMILES string of the molecule is CC1=C2CC(C)(C)CC(=O)[C@]2(C)CCC1=O. The molecule has 0 aromatic rings. The smallest absolute Gasteiger partial charge is 0.158 e. The summed E-state index contributed by atoms with van der Waals surface area (Å²) in [5.41, 5.74) is 1.65. The van der Waals surface area contributed by atoms with Crippen LogP contribution >= 0.6 is 0 Å². The second kappa shape index (κ2) is 3.28. The van der Waals surface area contributed by atoms with Crippen LogP contribution in [0.15, 0.2) is 11.1 Å². The van der Waals surface area contributed by atoms with E-state index in [1.807, 2.05) is 13.8 Å². The lowest BCUT2D eigenvalue weighted by atomic mass is 9.57. The fourth-order valence-corrected chi connectivity index (χ4v) is 3.09. The Morgan fingerprint density at radius 1 is 1.06 bits per heavy atom. The molecule has 88 valence electrons. The fourth-order valence-electron chi connectivity index (χ4n) is 3.09. The lowest BCUT2D eigenvalue weighted by Gasteiger charge is -2.45. The molecule has 0 aromatic heterocycles. The van der Waals surface area contributed by atoms with Gasteiger partial charge in [-0.15, -0.1) is 0 Å². The summed E-state index contributed by atoms with van der Waals surface area (Å²) in [5, 5.41) is 0. The van der Waals surface area contributed by atoms with E-state index in [0.717, 1.165) is 17.6 Å². The largest absolute Gasteiger partial charge is 0.299 e. The standard InChI is InChI=1S/C14H20O2/c1-9-10-7-13(2,3)8-12(16)14(10,4)6-5-11(9)15/h5-8H2,1-4H3/t14-/m1/s1. The van der Waals surface area contributed by atoms with Crippen molar-refractivity contribution in [3.05, 3.63) is 11.1 Å². The predicted octanol–water partition coefficient (Wildman–Crippen LogP) is 3.06. The molecule has 0 aromatic carbocycles. The summed E-state index contributed by atoms with van der Waals surface area (Å²) in [7, 11) is 0. The summed E-state index contributed by atoms with van der Waals surface area (Å²) in [6, 6.07) is 0. The van der Waals surface area contributed by atoms with Gasteiger partial charge in [-0.2, -0.15) is 0 Å². The maximum Gasteiger partial charge on any atom is 0.158 e. The fraction of sp³-hybridized carbons (Fsp3) is 0.714. The van der Waals surface area contributed by atoms with Crippen molar-refractivity contribution >= 4 is 11.6 Å². The lowest BCUT2D eigenvalue weighted by molar-refractivity contribution is -0.132. The van der Waals surface area contributed by atoms with E-state index in [2.05, 4.69) is 13.8 Å². The van der Waals surface area contributed by atoms with Crippen LogP contribution in [-0.2, 0) is 9.59 Å². The molecule has 0 saturated heterocycles. The summed E-state index contributed by atoms with van der Waals surface area (Å²) < 4.78 is 0. The zero-order chi connectivity index (χ0) is 12.1. The Balaban J connectivity index is 2.53. The van der Waals surface area contributed by atoms with Crippen LogP contribution in [0.5, 0.6) is 0 Å². The van der Waals surface area contributed by atoms with E-state index in [1.165, 1.54) is 0 Å². The second-order valence-electron chi connectivity index (χ2n) is 6.30. The third kappa shape index (κ3) is 1.55. The van der Waals surface area contributed by atoms with Crippen molar-refractivity contribution in [3.8, 4) is 0 Å². The molecule has 1 atom stereocenters. The molecule has 2 heteroatoms. The molecule has 0 heterocycles. The highest BCUT2D eigenvalue weighted by Crippen LogP contribution is 2.51. The Morgan fingerprint density at radius 3 is 2.31 bits per heavy atom. The summed E-state index contributed by atoms with van der Waals surface area (Å²) >= 11 is 0. The third-order valence-corrected chi connectivity index (χ3v) is 4.30. The van der Waals surface area contributed by atoms with E-state index in [0.29, 0.717) is 25.0 Å². The van der Waals surface area contributed by atoms with Gasteiger partial charge in [0.2, 0.25) is 0 Å². The van der Waals surface area contributed by atoms with Gasteiger partial charge in [0.1, 0.15) is 5.78 Å². The van der Waals surface area contributed by atoms with Gasteiger partial charge in [0.25, 0.3) is 0 Å². The van der Waals surface area contributed by atoms with Gasteiger partial charge in [0.05, 0.1) is 0 Å². The quantitative estimate of drug-likeness (QED) is 0.628. The van der Waals surface area contributed by atoms with Crippen molar-refractivity contribution in [2.45, 2.75) is 53.4 Å². The number of allylic oxidation sites excluding steroid dienone is 2. The van der Waals surface area contributed by atoms with Gasteiger partial charge in [-0.1, -0.05) is 13.8 Å². The van der Waals surface area contributed by atoms with Crippen molar-refractivity contribution in [1.29, 1.82) is 0 Å². The molecule has 2 nitrogen and oxygen atoms in total. The van der Waals surface area contributed by atoms with Gasteiger partial charge in [-0.25, -0.2) is 0 Å². The first kappa shape index (κ1) is 11.6. The van der Waals surface area contributed by atoms with E-state index in [9.17, 15) is 9.59 Å². The van der Waals surface area contributed by atoms with E-state index in [-0.39, 0.29) is 16.6 Å². The molecule has 0 radical (unpaired) electrons. The summed E-state index contributed by atoms with van der Waals surface area (Å²) in [6.45, 7) is 8.15. The topological polar surface area (TPSA) is 34.1 Å². The average molecular weight is 220 g/mol. The number of carbonyl (C=O) groups excluding carboxylic acids is 2. The molecular weight excluding hydrogens is 200 g/mol. The van der Waals surface area contributed by atoms with Crippen LogP contribution in [0.4, 0.5) is 0 Å². The average Bonchev–Trinajstić information content (AvgIpc) is 2.17. The van der Waals surface area contributed by atoms with Crippen LogP contribution in [0.3, 0.4) is 0 Å². The Labute approximate surface area is 97.1 Å². The molecular formula is C14H20O2. The minimum atomic E-state index is -0.340. The molecule has 0 aliphatic heterocycles. The van der Waals surface area contributed by atoms with Crippen molar-refractivity contribution < 1.29 is 9.59 Å². The highest BCUT2D eigenvalue weighted by Gasteiger charge is 2.48. The summed E-state index contributed by atoms with van der Waals surface area (Å²) in [6.07, 6.45) is 2.80. The van der Waals surface area contributed by atoms with Crippen LogP contribution < -0.4 is 0 Å². The first-order chi connectivity index (χ1) is 7.26. The van der Waals surface area contributed by atoms with E-state index >= 15 is 0 Å². The molecule has 2 rings (SSSR count). The number of Topliss-reactive ketones (excluding diaryl/α,β-unsaturated/α-hetero) is 2. The molecule has 1 saturated carbocycles. The van der Waals surface area contributed by atoms with Crippen molar-refractivity contribution in [2.75, 3.05) is 0 Å². The van der Waals surface area contributed by atoms with Gasteiger partial charge in [0.15, 0.2) is 5.78 Å². The normalized spacial score (nSPS) is 34.0. The maximum atomic E-state index is 12.3. The maximum absolute atomic E-state index is 12.3. The van der Waals surface area contributed by atoms with E-state index in [4.69, 9.17) is 0 Å². The second-order valence-corrected chi connectivity index (χ2v) is 6.30. The Morgan fingerprint density at radius 2 is 1.69 bits per heavy atom. The van der Waals surface area contributed by atoms with Gasteiger partial charge in [-0.3, -0.25) is 9.59 Å². The van der Waals surface area contributed by atoms with Gasteiger partial charge in [0, 0.05) is 18.3 Å². The molecule has 2 aliphatic carbocycles. The summed E-state index contributed by atoms with van der Waals surface area (Å²) in [5.74, 6) is 0.559. The molecule has 1 fully saturated rings. The number of fused-ring (bicyclic) bond motifs is 1. The minimum Gasteiger partial charge on any atom is -0.299 e. The Kier molecular flexibility index (Phi) is 2.37. The molecule has 0 unspecified atom stereocenters. The number of rotatable bonds is 0. The lowest BCUT2D eigenvalue weighted by Crippen LogP contribution is -2.43. The molecule has 0 amide bonds. The van der Waals surface area contributed by atoms with Crippen LogP contribution in [0.1, 0.15) is 53.4 Å². The van der Waals surface area contributed by atoms with E-state index < -0.39 is 0 Å². The van der Waals surface area contributed by atoms with Gasteiger partial charge >= 0.3 is 0 Å². The Bertz CT molecular complexity index is 401. The predicted molar refractivity (Wildman–Crippen MR) is 63.1 cm³/mol. The third-order valence-electron chi connectivity index (χ3n) is 4.30. The van der Waals surface area contributed by atoms with Crippen molar-refractivity contribution in [2.24, 2.45) is 10.8 Å². The zero-order valence-corrected chi connectivity index (χ0v) is 10.6. The summed E-state index contributed by atoms with van der Waals surface area (Å²) in [4.78, 5) is 24.0. The van der Waals surface area contributed by atoms with Crippen LogP contribution in [0, 0.1) is 10.8 Å². The molecule has 16 heavy (non-hydrogen) atoms. The van der Waals surface area contributed by atoms with E-state index in [1.54, 1.807) is 0 Å². The molecule has 0 bridgehead atoms. The van der Waals surface area contributed by atoms with Crippen LogP contribution in [0.2, 0.25) is 0 Å². The van der Waals surface area contributed by atoms with Crippen LogP contribution in [-0.4, -0.2) is 11.6 Å². The molecule has 0 N–H and O–H groups in total. The van der Waals surface area contributed by atoms with Gasteiger partial charge in [-0.05, 0) is 43.3 Å². The molecule has 2 aliphatic rings. The highest BCUT2D eigenvalue weighted by atomic mass is 16.1. The number of ketones is 2. The Hall–Kier alpha value is -0.920. The molecule has 0 spiro atoms. The highest BCUT2D eigenvalue weighted by molar-refractivity contribution is 6.01. The number of carbonyl (C=O) groups is 2. The minimum absolute atomic E-state index is 0.0187. The first-order valence-corrected chi connectivity index (χ1v) is 6.03. The zero-order valence-electron chi connectivity index (χ0n) is 10.6. The number of hydrogen-bond acceptors (Lipinski definition) is 2. The first-order valence-electron chi connectivity index (χ1n) is 6.03. The number of hydrogen-bond donors (Lipinski definition) is 0. The van der Waals surface area contributed by atoms with Crippen molar-refractivity contribution in [3.63, 3.8) is 0 Å².